The Kier molecular flexibility index (Phi) is 59.7. The molecule has 0 fully saturated rings. The zero-order valence-corrected chi connectivity index (χ0v) is 48.9. The van der Waals surface area contributed by atoms with Crippen molar-refractivity contribution < 1.29 is 28.6 Å². The Labute approximate surface area is 454 Å². The van der Waals surface area contributed by atoms with Gasteiger partial charge in [-0.1, -0.05) is 288 Å². The topological polar surface area (TPSA) is 78.9 Å². The van der Waals surface area contributed by atoms with Crippen LogP contribution in [0.4, 0.5) is 0 Å². The van der Waals surface area contributed by atoms with Crippen molar-refractivity contribution in [1.29, 1.82) is 0 Å². The van der Waals surface area contributed by atoms with Gasteiger partial charge in [-0.15, -0.1) is 0 Å². The molecular weight excluding hydrogens is 901 g/mol. The van der Waals surface area contributed by atoms with Crippen LogP contribution < -0.4 is 0 Å². The third kappa shape index (κ3) is 60.1. The number of esters is 3. The molecule has 0 aliphatic rings. The molecule has 0 rings (SSSR count). The molecule has 6 nitrogen and oxygen atoms in total. The van der Waals surface area contributed by atoms with Crippen molar-refractivity contribution in [2.75, 3.05) is 13.2 Å². The van der Waals surface area contributed by atoms with Gasteiger partial charge in [0.2, 0.25) is 0 Å². The Morgan fingerprint density at radius 2 is 0.493 bits per heavy atom. The molecule has 0 aromatic carbocycles. The molecule has 0 amide bonds. The lowest BCUT2D eigenvalue weighted by Gasteiger charge is -2.18. The van der Waals surface area contributed by atoms with Crippen LogP contribution >= 0.6 is 0 Å². The number of ether oxygens (including phenoxy) is 3. The Morgan fingerprint density at radius 1 is 0.274 bits per heavy atom. The van der Waals surface area contributed by atoms with E-state index in [1.54, 1.807) is 0 Å². The van der Waals surface area contributed by atoms with Gasteiger partial charge in [-0.25, -0.2) is 0 Å². The molecule has 0 heterocycles. The van der Waals surface area contributed by atoms with E-state index in [-0.39, 0.29) is 31.1 Å². The van der Waals surface area contributed by atoms with E-state index in [4.69, 9.17) is 14.2 Å². The van der Waals surface area contributed by atoms with Gasteiger partial charge in [0, 0.05) is 19.3 Å². The molecule has 0 radical (unpaired) electrons. The smallest absolute Gasteiger partial charge is 0.306 e. The standard InChI is InChI=1S/C67H122O6/c1-4-7-10-13-16-19-22-24-26-28-29-30-31-32-33-34-35-36-37-38-39-40-42-43-45-48-51-54-57-60-66(69)72-63-64(62-71-65(68)59-56-53-50-47-21-18-15-12-9-6-3)73-67(70)61-58-55-52-49-46-44-41-27-25-23-20-17-14-11-8-5-2/h20,22-24,27-29,41,64H,4-19,21,25-26,30-40,42-63H2,1-3H3/b23-20-,24-22-,29-28-,41-27-. The van der Waals surface area contributed by atoms with E-state index in [2.05, 4.69) is 69.4 Å². The first-order valence-electron chi connectivity index (χ1n) is 32.1. The van der Waals surface area contributed by atoms with Gasteiger partial charge in [-0.3, -0.25) is 14.4 Å². The molecule has 426 valence electrons. The number of hydrogen-bond donors (Lipinski definition) is 0. The molecule has 6 heteroatoms. The zero-order valence-electron chi connectivity index (χ0n) is 48.9. The monoisotopic (exact) mass is 1020 g/mol. The molecule has 0 bridgehead atoms. The Balaban J connectivity index is 4.14. The summed E-state index contributed by atoms with van der Waals surface area (Å²) in [6.07, 6.45) is 77.0. The summed E-state index contributed by atoms with van der Waals surface area (Å²) >= 11 is 0. The molecule has 0 aromatic heterocycles. The molecule has 73 heavy (non-hydrogen) atoms. The molecule has 0 aliphatic carbocycles. The van der Waals surface area contributed by atoms with Crippen molar-refractivity contribution >= 4 is 17.9 Å². The van der Waals surface area contributed by atoms with E-state index in [0.717, 1.165) is 89.9 Å². The van der Waals surface area contributed by atoms with E-state index in [1.165, 1.54) is 212 Å². The molecule has 1 unspecified atom stereocenters. The van der Waals surface area contributed by atoms with Crippen molar-refractivity contribution in [2.24, 2.45) is 0 Å². The molecule has 0 aliphatic heterocycles. The molecule has 0 spiro atoms. The van der Waals surface area contributed by atoms with E-state index in [1.807, 2.05) is 0 Å². The molecule has 1 atom stereocenters. The molecular formula is C67H122O6. The number of hydrogen-bond acceptors (Lipinski definition) is 6. The number of carbonyl (C=O) groups excluding carboxylic acids is 3. The van der Waals surface area contributed by atoms with Gasteiger partial charge in [0.15, 0.2) is 6.10 Å². The van der Waals surface area contributed by atoms with Crippen LogP contribution in [0, 0.1) is 0 Å². The number of allylic oxidation sites excluding steroid dienone is 8. The maximum absolute atomic E-state index is 12.9. The summed E-state index contributed by atoms with van der Waals surface area (Å²) in [4.78, 5) is 38.2. The van der Waals surface area contributed by atoms with E-state index >= 15 is 0 Å². The summed E-state index contributed by atoms with van der Waals surface area (Å²) in [5.41, 5.74) is 0. The minimum atomic E-state index is -0.777. The van der Waals surface area contributed by atoms with Crippen LogP contribution in [0.5, 0.6) is 0 Å². The van der Waals surface area contributed by atoms with Gasteiger partial charge in [0.05, 0.1) is 0 Å². The summed E-state index contributed by atoms with van der Waals surface area (Å²) < 4.78 is 16.9. The highest BCUT2D eigenvalue weighted by atomic mass is 16.6. The quantitative estimate of drug-likeness (QED) is 0.0261. The minimum absolute atomic E-state index is 0.0747. The van der Waals surface area contributed by atoms with Crippen LogP contribution in [0.3, 0.4) is 0 Å². The fraction of sp³-hybridized carbons (Fsp3) is 0.836. The summed E-state index contributed by atoms with van der Waals surface area (Å²) in [6, 6.07) is 0. The fourth-order valence-corrected chi connectivity index (χ4v) is 9.45. The second kappa shape index (κ2) is 61.9. The second-order valence-electron chi connectivity index (χ2n) is 21.7. The number of unbranched alkanes of at least 4 members (excludes halogenated alkanes) is 40. The van der Waals surface area contributed by atoms with E-state index in [9.17, 15) is 14.4 Å². The third-order valence-electron chi connectivity index (χ3n) is 14.3. The molecule has 0 saturated carbocycles. The Morgan fingerprint density at radius 3 is 0.767 bits per heavy atom. The SMILES string of the molecule is CCCCCC/C=C\C/C=C\CCCCCCCC(=O)OC(COC(=O)CCCCCCCCCCCC)COC(=O)CCCCCCCCCCCCCCCCCCC/C=C\C/C=C\CCCCCCC. The van der Waals surface area contributed by atoms with Crippen LogP contribution in [0.2, 0.25) is 0 Å². The van der Waals surface area contributed by atoms with Crippen molar-refractivity contribution in [3.05, 3.63) is 48.6 Å². The minimum Gasteiger partial charge on any atom is -0.462 e. The second-order valence-corrected chi connectivity index (χ2v) is 21.7. The van der Waals surface area contributed by atoms with Gasteiger partial charge in [-0.05, 0) is 83.5 Å². The molecule has 0 N–H and O–H groups in total. The summed E-state index contributed by atoms with van der Waals surface area (Å²) in [7, 11) is 0. The lowest BCUT2D eigenvalue weighted by molar-refractivity contribution is -0.167. The fourth-order valence-electron chi connectivity index (χ4n) is 9.45. The van der Waals surface area contributed by atoms with Crippen LogP contribution in [-0.2, 0) is 28.6 Å². The van der Waals surface area contributed by atoms with Crippen molar-refractivity contribution in [1.82, 2.24) is 0 Å². The summed E-state index contributed by atoms with van der Waals surface area (Å²) in [5, 5.41) is 0. The zero-order chi connectivity index (χ0) is 52.9. The number of carbonyl (C=O) groups is 3. The summed E-state index contributed by atoms with van der Waals surface area (Å²) in [6.45, 7) is 6.63. The van der Waals surface area contributed by atoms with Gasteiger partial charge >= 0.3 is 17.9 Å². The Hall–Kier alpha value is -2.63. The van der Waals surface area contributed by atoms with Gasteiger partial charge in [0.25, 0.3) is 0 Å². The van der Waals surface area contributed by atoms with Gasteiger partial charge < -0.3 is 14.2 Å². The highest BCUT2D eigenvalue weighted by molar-refractivity contribution is 5.71. The third-order valence-corrected chi connectivity index (χ3v) is 14.3. The van der Waals surface area contributed by atoms with E-state index in [0.29, 0.717) is 19.3 Å². The number of rotatable bonds is 59. The van der Waals surface area contributed by atoms with Crippen molar-refractivity contribution in [3.8, 4) is 0 Å². The predicted octanol–water partition coefficient (Wildman–Crippen LogP) is 21.8. The van der Waals surface area contributed by atoms with Crippen molar-refractivity contribution in [3.63, 3.8) is 0 Å². The van der Waals surface area contributed by atoms with Gasteiger partial charge in [0.1, 0.15) is 13.2 Å². The average molecular weight is 1020 g/mol. The maximum Gasteiger partial charge on any atom is 0.306 e. The Bertz CT molecular complexity index is 1270. The van der Waals surface area contributed by atoms with Crippen LogP contribution in [0.15, 0.2) is 48.6 Å². The lowest BCUT2D eigenvalue weighted by Crippen LogP contribution is -2.30. The first-order chi connectivity index (χ1) is 36.0. The molecule has 0 aromatic rings. The maximum atomic E-state index is 12.9. The highest BCUT2D eigenvalue weighted by Gasteiger charge is 2.19. The van der Waals surface area contributed by atoms with Crippen LogP contribution in [0.25, 0.3) is 0 Å². The first kappa shape index (κ1) is 70.4. The highest BCUT2D eigenvalue weighted by Crippen LogP contribution is 2.17. The van der Waals surface area contributed by atoms with E-state index < -0.39 is 6.10 Å². The largest absolute Gasteiger partial charge is 0.462 e. The average Bonchev–Trinajstić information content (AvgIpc) is 3.39. The first-order valence-corrected chi connectivity index (χ1v) is 32.1. The predicted molar refractivity (Wildman–Crippen MR) is 316 cm³/mol. The van der Waals surface area contributed by atoms with Crippen LogP contribution in [0.1, 0.15) is 342 Å². The molecule has 0 saturated heterocycles. The summed E-state index contributed by atoms with van der Waals surface area (Å²) in [5.74, 6) is -0.872. The lowest BCUT2D eigenvalue weighted by atomic mass is 10.0. The van der Waals surface area contributed by atoms with Gasteiger partial charge in [-0.2, -0.15) is 0 Å². The normalized spacial score (nSPS) is 12.3. The van der Waals surface area contributed by atoms with Crippen molar-refractivity contribution in [2.45, 2.75) is 348 Å². The van der Waals surface area contributed by atoms with Crippen LogP contribution in [-0.4, -0.2) is 37.2 Å².